The van der Waals surface area contributed by atoms with Gasteiger partial charge in [0.1, 0.15) is 11.6 Å². The third kappa shape index (κ3) is 3.53. The van der Waals surface area contributed by atoms with Gasteiger partial charge in [0, 0.05) is 13.0 Å². The average Bonchev–Trinajstić information content (AvgIpc) is 2.86. The molecule has 0 saturated carbocycles. The van der Waals surface area contributed by atoms with Crippen LogP contribution in [0.2, 0.25) is 0 Å². The minimum absolute atomic E-state index is 0.119. The minimum Gasteiger partial charge on any atom is -0.317 e. The van der Waals surface area contributed by atoms with Gasteiger partial charge in [-0.25, -0.2) is 13.1 Å². The molecule has 0 bridgehead atoms. The summed E-state index contributed by atoms with van der Waals surface area (Å²) in [6.45, 7) is 6.19. The number of nitrogens with zero attached hydrogens (tertiary/aromatic N) is 3. The van der Waals surface area contributed by atoms with Crippen LogP contribution in [0.3, 0.4) is 0 Å². The number of aryl methyl sites for hydroxylation is 1. The molecule has 0 aliphatic rings. The zero-order chi connectivity index (χ0) is 16.3. The number of hydrogen-bond donors (Lipinski definition) is 1. The molecular formula is C15H22N4O2S. The van der Waals surface area contributed by atoms with Crippen LogP contribution >= 0.6 is 0 Å². The summed E-state index contributed by atoms with van der Waals surface area (Å²) < 4.78 is 29.0. The van der Waals surface area contributed by atoms with Crippen molar-refractivity contribution in [3.05, 3.63) is 41.5 Å². The third-order valence-electron chi connectivity index (χ3n) is 3.58. The highest BCUT2D eigenvalue weighted by atomic mass is 32.2. The van der Waals surface area contributed by atoms with E-state index >= 15 is 0 Å². The zero-order valence-electron chi connectivity index (χ0n) is 13.4. The molecule has 0 aliphatic heterocycles. The predicted molar refractivity (Wildman–Crippen MR) is 84.9 cm³/mol. The van der Waals surface area contributed by atoms with E-state index in [1.54, 1.807) is 12.1 Å². The third-order valence-corrected chi connectivity index (χ3v) is 4.99. The Morgan fingerprint density at radius 1 is 1.18 bits per heavy atom. The smallest absolute Gasteiger partial charge is 0.240 e. The van der Waals surface area contributed by atoms with Crippen LogP contribution in [0.15, 0.2) is 29.2 Å². The Bertz CT molecular complexity index is 733. The summed E-state index contributed by atoms with van der Waals surface area (Å²) in [7, 11) is -1.70. The molecule has 6 nitrogen and oxygen atoms in total. The van der Waals surface area contributed by atoms with E-state index in [-0.39, 0.29) is 17.4 Å². The second kappa shape index (κ2) is 6.58. The maximum absolute atomic E-state index is 12.3. The molecule has 0 fully saturated rings. The molecule has 0 saturated heterocycles. The molecule has 1 aromatic carbocycles. The van der Waals surface area contributed by atoms with Crippen LogP contribution in [0.4, 0.5) is 0 Å². The Kier molecular flexibility index (Phi) is 4.97. The van der Waals surface area contributed by atoms with Crippen LogP contribution in [-0.4, -0.2) is 23.2 Å². The van der Waals surface area contributed by atoms with Gasteiger partial charge in [0.2, 0.25) is 10.0 Å². The van der Waals surface area contributed by atoms with Crippen molar-refractivity contribution in [2.45, 2.75) is 44.6 Å². The van der Waals surface area contributed by atoms with Gasteiger partial charge in [-0.1, -0.05) is 32.9 Å². The quantitative estimate of drug-likeness (QED) is 0.882. The molecule has 0 amide bonds. The summed E-state index contributed by atoms with van der Waals surface area (Å²) in [5, 5.41) is 8.14. The highest BCUT2D eigenvalue weighted by molar-refractivity contribution is 7.89. The first-order valence-electron chi connectivity index (χ1n) is 7.32. The topological polar surface area (TPSA) is 76.9 Å². The molecule has 0 atom stereocenters. The summed E-state index contributed by atoms with van der Waals surface area (Å²) in [6, 6.07) is 6.90. The summed E-state index contributed by atoms with van der Waals surface area (Å²) >= 11 is 0. The van der Waals surface area contributed by atoms with Gasteiger partial charge in [-0.3, -0.25) is 0 Å². The maximum atomic E-state index is 12.3. The fourth-order valence-electron chi connectivity index (χ4n) is 2.18. The van der Waals surface area contributed by atoms with E-state index in [0.29, 0.717) is 5.82 Å². The van der Waals surface area contributed by atoms with Gasteiger partial charge in [0.15, 0.2) is 0 Å². The van der Waals surface area contributed by atoms with Crippen molar-refractivity contribution in [2.24, 2.45) is 7.05 Å². The van der Waals surface area contributed by atoms with Crippen LogP contribution < -0.4 is 4.72 Å². The van der Waals surface area contributed by atoms with Crippen molar-refractivity contribution in [3.63, 3.8) is 0 Å². The lowest BCUT2D eigenvalue weighted by Gasteiger charge is -2.08. The first kappa shape index (κ1) is 16.6. The van der Waals surface area contributed by atoms with Gasteiger partial charge in [0.05, 0.1) is 11.4 Å². The van der Waals surface area contributed by atoms with Crippen molar-refractivity contribution >= 4 is 10.0 Å². The van der Waals surface area contributed by atoms with E-state index in [1.807, 2.05) is 44.5 Å². The van der Waals surface area contributed by atoms with E-state index in [2.05, 4.69) is 14.9 Å². The molecule has 0 radical (unpaired) electrons. The molecule has 1 N–H and O–H groups in total. The van der Waals surface area contributed by atoms with Crippen molar-refractivity contribution in [3.8, 4) is 0 Å². The van der Waals surface area contributed by atoms with E-state index in [9.17, 15) is 8.42 Å². The monoisotopic (exact) mass is 322 g/mol. The van der Waals surface area contributed by atoms with Crippen LogP contribution in [0, 0.1) is 0 Å². The van der Waals surface area contributed by atoms with Crippen molar-refractivity contribution in [2.75, 3.05) is 0 Å². The molecule has 22 heavy (non-hydrogen) atoms. The maximum Gasteiger partial charge on any atom is 0.240 e. The van der Waals surface area contributed by atoms with Crippen LogP contribution in [0.5, 0.6) is 0 Å². The Morgan fingerprint density at radius 3 is 2.32 bits per heavy atom. The van der Waals surface area contributed by atoms with E-state index in [1.165, 1.54) is 0 Å². The standard InChI is InChI=1S/C15H22N4O2S/c1-5-12-6-8-13(9-7-12)22(20,21)16-10-14-17-18-15(11(2)3)19(14)4/h6-9,11,16H,5,10H2,1-4H3. The average molecular weight is 322 g/mol. The Hall–Kier alpha value is -1.73. The van der Waals surface area contributed by atoms with Gasteiger partial charge in [-0.05, 0) is 24.1 Å². The SMILES string of the molecule is CCc1ccc(S(=O)(=O)NCc2nnc(C(C)C)n2C)cc1. The zero-order valence-corrected chi connectivity index (χ0v) is 14.2. The lowest BCUT2D eigenvalue weighted by Crippen LogP contribution is -2.25. The number of hydrogen-bond acceptors (Lipinski definition) is 4. The Balaban J connectivity index is 2.12. The number of aromatic nitrogens is 3. The molecule has 0 unspecified atom stereocenters. The molecule has 7 heteroatoms. The minimum atomic E-state index is -3.54. The highest BCUT2D eigenvalue weighted by Gasteiger charge is 2.17. The van der Waals surface area contributed by atoms with Gasteiger partial charge >= 0.3 is 0 Å². The number of nitrogens with one attached hydrogen (secondary N) is 1. The molecule has 2 aromatic rings. The van der Waals surface area contributed by atoms with E-state index < -0.39 is 10.0 Å². The van der Waals surface area contributed by atoms with Gasteiger partial charge in [-0.15, -0.1) is 10.2 Å². The predicted octanol–water partition coefficient (Wildman–Crippen LogP) is 1.98. The lowest BCUT2D eigenvalue weighted by atomic mass is 10.2. The molecule has 120 valence electrons. The van der Waals surface area contributed by atoms with E-state index in [0.717, 1.165) is 17.8 Å². The van der Waals surface area contributed by atoms with Crippen LogP contribution in [0.1, 0.15) is 43.9 Å². The fraction of sp³-hybridized carbons (Fsp3) is 0.467. The molecule has 1 aromatic heterocycles. The largest absolute Gasteiger partial charge is 0.317 e. The molecule has 1 heterocycles. The first-order valence-corrected chi connectivity index (χ1v) is 8.80. The summed E-state index contributed by atoms with van der Waals surface area (Å²) in [5.74, 6) is 1.67. The van der Waals surface area contributed by atoms with Crippen LogP contribution in [0.25, 0.3) is 0 Å². The number of sulfonamides is 1. The van der Waals surface area contributed by atoms with E-state index in [4.69, 9.17) is 0 Å². The molecule has 0 aliphatic carbocycles. The normalized spacial score (nSPS) is 12.0. The Labute approximate surface area is 131 Å². The summed E-state index contributed by atoms with van der Waals surface area (Å²) in [4.78, 5) is 0.260. The van der Waals surface area contributed by atoms with Crippen LogP contribution in [-0.2, 0) is 30.0 Å². The van der Waals surface area contributed by atoms with Crippen molar-refractivity contribution < 1.29 is 8.42 Å². The Morgan fingerprint density at radius 2 is 1.82 bits per heavy atom. The first-order chi connectivity index (χ1) is 10.3. The van der Waals surface area contributed by atoms with Crippen molar-refractivity contribution in [1.82, 2.24) is 19.5 Å². The number of benzene rings is 1. The molecule has 2 rings (SSSR count). The highest BCUT2D eigenvalue weighted by Crippen LogP contribution is 2.13. The fourth-order valence-corrected chi connectivity index (χ4v) is 3.16. The number of rotatable bonds is 6. The molecule has 0 spiro atoms. The molecular weight excluding hydrogens is 300 g/mol. The second-order valence-corrected chi connectivity index (χ2v) is 7.28. The van der Waals surface area contributed by atoms with Crippen molar-refractivity contribution in [1.29, 1.82) is 0 Å². The summed E-state index contributed by atoms with van der Waals surface area (Å²) in [5.41, 5.74) is 1.11. The van der Waals surface area contributed by atoms with Gasteiger partial charge in [-0.2, -0.15) is 0 Å². The van der Waals surface area contributed by atoms with Gasteiger partial charge in [0.25, 0.3) is 0 Å². The second-order valence-electron chi connectivity index (χ2n) is 5.51. The lowest BCUT2D eigenvalue weighted by molar-refractivity contribution is 0.576. The summed E-state index contributed by atoms with van der Waals surface area (Å²) in [6.07, 6.45) is 0.880. The van der Waals surface area contributed by atoms with Gasteiger partial charge < -0.3 is 4.57 Å².